The summed E-state index contributed by atoms with van der Waals surface area (Å²) in [5, 5.41) is 4.56. The Morgan fingerprint density at radius 2 is 2.00 bits per heavy atom. The van der Waals surface area contributed by atoms with Crippen LogP contribution < -0.4 is 15.6 Å². The minimum absolute atomic E-state index is 0.0868. The lowest BCUT2D eigenvalue weighted by Gasteiger charge is -2.34. The quantitative estimate of drug-likeness (QED) is 0.914. The highest BCUT2D eigenvalue weighted by molar-refractivity contribution is 5.83. The fourth-order valence-corrected chi connectivity index (χ4v) is 3.83. The van der Waals surface area contributed by atoms with E-state index in [0.29, 0.717) is 5.41 Å². The van der Waals surface area contributed by atoms with E-state index in [-0.39, 0.29) is 5.56 Å². The molecule has 0 unspecified atom stereocenters. The van der Waals surface area contributed by atoms with Gasteiger partial charge in [0.1, 0.15) is 5.75 Å². The molecule has 1 N–H and O–H groups in total. The second-order valence-corrected chi connectivity index (χ2v) is 7.36. The van der Waals surface area contributed by atoms with Gasteiger partial charge in [0.15, 0.2) is 0 Å². The van der Waals surface area contributed by atoms with Crippen molar-refractivity contribution in [2.75, 3.05) is 20.2 Å². The second kappa shape index (κ2) is 6.98. The van der Waals surface area contributed by atoms with Crippen molar-refractivity contribution in [3.05, 3.63) is 40.2 Å². The van der Waals surface area contributed by atoms with Gasteiger partial charge in [-0.3, -0.25) is 4.79 Å². The third-order valence-electron chi connectivity index (χ3n) is 5.50. The Hall–Kier alpha value is -1.81. The first-order valence-electron chi connectivity index (χ1n) is 8.91. The summed E-state index contributed by atoms with van der Waals surface area (Å²) >= 11 is 0. The molecule has 1 aromatic carbocycles. The molecular formula is C20H28N2O2. The third kappa shape index (κ3) is 3.48. The number of fused-ring (bicyclic) bond motifs is 1. The first-order chi connectivity index (χ1) is 11.5. The summed E-state index contributed by atoms with van der Waals surface area (Å²) in [6.45, 7) is 7.37. The Bertz CT molecular complexity index is 773. The minimum Gasteiger partial charge on any atom is -0.497 e. The smallest absolute Gasteiger partial charge is 0.251 e. The maximum Gasteiger partial charge on any atom is 0.251 e. The first kappa shape index (κ1) is 17.0. The number of ether oxygens (including phenoxy) is 1. The van der Waals surface area contributed by atoms with Gasteiger partial charge in [-0.2, -0.15) is 0 Å². The summed E-state index contributed by atoms with van der Waals surface area (Å²) in [5.41, 5.74) is 2.50. The molecule has 2 aromatic rings. The van der Waals surface area contributed by atoms with Crippen LogP contribution in [0.25, 0.3) is 10.9 Å². The van der Waals surface area contributed by atoms with Gasteiger partial charge < -0.3 is 14.6 Å². The average molecular weight is 328 g/mol. The Morgan fingerprint density at radius 1 is 1.25 bits per heavy atom. The number of nitrogens with zero attached hydrogens (tertiary/aromatic N) is 1. The normalized spacial score (nSPS) is 17.1. The number of rotatable bonds is 5. The second-order valence-electron chi connectivity index (χ2n) is 7.36. The fraction of sp³-hybridized carbons (Fsp3) is 0.550. The van der Waals surface area contributed by atoms with Crippen LogP contribution >= 0.6 is 0 Å². The molecule has 1 aromatic heterocycles. The van der Waals surface area contributed by atoms with E-state index < -0.39 is 0 Å². The van der Waals surface area contributed by atoms with Crippen molar-refractivity contribution in [1.29, 1.82) is 0 Å². The summed E-state index contributed by atoms with van der Waals surface area (Å²) in [4.78, 5) is 12.5. The van der Waals surface area contributed by atoms with Crippen molar-refractivity contribution in [2.24, 2.45) is 5.41 Å². The van der Waals surface area contributed by atoms with Crippen LogP contribution in [-0.4, -0.2) is 24.8 Å². The molecule has 0 atom stereocenters. The lowest BCUT2D eigenvalue weighted by molar-refractivity contribution is 0.203. The molecule has 4 heteroatoms. The molecule has 4 nitrogen and oxygen atoms in total. The Balaban J connectivity index is 1.84. The summed E-state index contributed by atoms with van der Waals surface area (Å²) in [6.07, 6.45) is 4.65. The Labute approximate surface area is 143 Å². The molecule has 0 radical (unpaired) electrons. The van der Waals surface area contributed by atoms with Crippen molar-refractivity contribution in [1.82, 2.24) is 9.88 Å². The summed E-state index contributed by atoms with van der Waals surface area (Å²) in [5.74, 6) is 0.798. The van der Waals surface area contributed by atoms with E-state index in [1.54, 1.807) is 13.2 Å². The molecule has 3 rings (SSSR count). The number of aryl methyl sites for hydroxylation is 2. The monoisotopic (exact) mass is 328 g/mol. The largest absolute Gasteiger partial charge is 0.497 e. The van der Waals surface area contributed by atoms with E-state index in [1.807, 2.05) is 29.7 Å². The van der Waals surface area contributed by atoms with Crippen LogP contribution in [0.1, 0.15) is 38.2 Å². The van der Waals surface area contributed by atoms with Gasteiger partial charge in [0.25, 0.3) is 5.56 Å². The molecule has 0 saturated carbocycles. The van der Waals surface area contributed by atoms with Crippen LogP contribution in [0.4, 0.5) is 0 Å². The molecule has 2 heterocycles. The van der Waals surface area contributed by atoms with Gasteiger partial charge in [0, 0.05) is 24.1 Å². The predicted molar refractivity (Wildman–Crippen MR) is 98.9 cm³/mol. The van der Waals surface area contributed by atoms with E-state index in [9.17, 15) is 4.79 Å². The molecule has 0 aliphatic carbocycles. The van der Waals surface area contributed by atoms with Crippen LogP contribution in [0.15, 0.2) is 29.1 Å². The number of benzene rings is 1. The highest BCUT2D eigenvalue weighted by atomic mass is 16.5. The third-order valence-corrected chi connectivity index (χ3v) is 5.50. The molecule has 1 aliphatic rings. The standard InChI is InChI=1S/C20H28N2O2/c1-15-13-19(23)22(18-14-16(24-3)5-6-17(15)18)12-4-7-20(2)8-10-21-11-9-20/h5-6,13-14,21H,4,7-12H2,1-3H3. The van der Waals surface area contributed by atoms with Crippen molar-refractivity contribution in [3.8, 4) is 5.75 Å². The van der Waals surface area contributed by atoms with E-state index in [2.05, 4.69) is 12.2 Å². The molecule has 0 spiro atoms. The van der Waals surface area contributed by atoms with Gasteiger partial charge >= 0.3 is 0 Å². The number of methoxy groups -OCH3 is 1. The SMILES string of the molecule is COc1ccc2c(C)cc(=O)n(CCCC3(C)CCNCC3)c2c1. The van der Waals surface area contributed by atoms with Crippen molar-refractivity contribution < 1.29 is 4.74 Å². The molecule has 0 amide bonds. The zero-order valence-electron chi connectivity index (χ0n) is 15.0. The van der Waals surface area contributed by atoms with Gasteiger partial charge in [-0.25, -0.2) is 0 Å². The van der Waals surface area contributed by atoms with E-state index in [1.165, 1.54) is 19.3 Å². The number of piperidine rings is 1. The zero-order chi connectivity index (χ0) is 17.2. The Kier molecular flexibility index (Phi) is 4.95. The molecule has 1 fully saturated rings. The molecule has 1 aliphatic heterocycles. The van der Waals surface area contributed by atoms with Crippen molar-refractivity contribution in [3.63, 3.8) is 0 Å². The number of aromatic nitrogens is 1. The average Bonchev–Trinajstić information content (AvgIpc) is 2.58. The van der Waals surface area contributed by atoms with Gasteiger partial charge in [-0.1, -0.05) is 6.92 Å². The lowest BCUT2D eigenvalue weighted by atomic mass is 9.77. The van der Waals surface area contributed by atoms with Gasteiger partial charge in [0.2, 0.25) is 0 Å². The Morgan fingerprint density at radius 3 is 2.71 bits per heavy atom. The van der Waals surface area contributed by atoms with Crippen LogP contribution in [0, 0.1) is 12.3 Å². The highest BCUT2D eigenvalue weighted by Crippen LogP contribution is 2.33. The topological polar surface area (TPSA) is 43.3 Å². The summed E-state index contributed by atoms with van der Waals surface area (Å²) in [7, 11) is 1.66. The molecular weight excluding hydrogens is 300 g/mol. The summed E-state index contributed by atoms with van der Waals surface area (Å²) < 4.78 is 7.26. The van der Waals surface area contributed by atoms with E-state index in [0.717, 1.165) is 48.3 Å². The van der Waals surface area contributed by atoms with Gasteiger partial charge in [-0.15, -0.1) is 0 Å². The minimum atomic E-state index is 0.0868. The highest BCUT2D eigenvalue weighted by Gasteiger charge is 2.25. The van der Waals surface area contributed by atoms with Crippen LogP contribution in [0.3, 0.4) is 0 Å². The van der Waals surface area contributed by atoms with Crippen LogP contribution in [-0.2, 0) is 6.54 Å². The van der Waals surface area contributed by atoms with Crippen LogP contribution in [0.2, 0.25) is 0 Å². The predicted octanol–water partition coefficient (Wildman–Crippen LogP) is 3.49. The van der Waals surface area contributed by atoms with Gasteiger partial charge in [-0.05, 0) is 68.8 Å². The molecule has 1 saturated heterocycles. The summed E-state index contributed by atoms with van der Waals surface area (Å²) in [6, 6.07) is 7.74. The molecule has 0 bridgehead atoms. The van der Waals surface area contributed by atoms with Crippen LogP contribution in [0.5, 0.6) is 5.75 Å². The molecule has 130 valence electrons. The fourth-order valence-electron chi connectivity index (χ4n) is 3.83. The number of hydrogen-bond donors (Lipinski definition) is 1. The van der Waals surface area contributed by atoms with E-state index >= 15 is 0 Å². The zero-order valence-corrected chi connectivity index (χ0v) is 15.0. The maximum absolute atomic E-state index is 12.5. The van der Waals surface area contributed by atoms with Crippen molar-refractivity contribution in [2.45, 2.75) is 46.1 Å². The van der Waals surface area contributed by atoms with Crippen molar-refractivity contribution >= 4 is 10.9 Å². The maximum atomic E-state index is 12.5. The lowest BCUT2D eigenvalue weighted by Crippen LogP contribution is -2.35. The number of nitrogens with one attached hydrogen (secondary N) is 1. The van der Waals surface area contributed by atoms with Gasteiger partial charge in [0.05, 0.1) is 12.6 Å². The molecule has 24 heavy (non-hydrogen) atoms. The number of hydrogen-bond acceptors (Lipinski definition) is 3. The first-order valence-corrected chi connectivity index (χ1v) is 8.91. The number of pyridine rings is 1. The van der Waals surface area contributed by atoms with E-state index in [4.69, 9.17) is 4.74 Å².